The molecule has 10 heteroatoms. The molecule has 0 radical (unpaired) electrons. The summed E-state index contributed by atoms with van der Waals surface area (Å²) < 4.78 is 78.7. The van der Waals surface area contributed by atoms with E-state index in [4.69, 9.17) is 4.74 Å². The number of nitrogens with zero attached hydrogens (tertiary/aromatic N) is 1. The van der Waals surface area contributed by atoms with Crippen LogP contribution in [0.1, 0.15) is 37.3 Å². The molecule has 1 saturated heterocycles. The van der Waals surface area contributed by atoms with Gasteiger partial charge in [0.15, 0.2) is 0 Å². The Labute approximate surface area is 189 Å². The molecule has 33 heavy (non-hydrogen) atoms. The minimum absolute atomic E-state index is 0.00878. The number of likely N-dealkylation sites (tertiary alicyclic amines) is 1. The molecule has 1 aromatic rings. The predicted octanol–water partition coefficient (Wildman–Crippen LogP) is 4.98. The predicted molar refractivity (Wildman–Crippen MR) is 112 cm³/mol. The zero-order valence-electron chi connectivity index (χ0n) is 18.4. The normalized spacial score (nSPS) is 19.5. The van der Waals surface area contributed by atoms with Gasteiger partial charge in [-0.15, -0.1) is 0 Å². The van der Waals surface area contributed by atoms with Crippen LogP contribution in [0.5, 0.6) is 5.75 Å². The van der Waals surface area contributed by atoms with Gasteiger partial charge in [-0.25, -0.2) is 0 Å². The highest BCUT2D eigenvalue weighted by Crippen LogP contribution is 2.33. The highest BCUT2D eigenvalue weighted by Gasteiger charge is 2.34. The van der Waals surface area contributed by atoms with E-state index in [-0.39, 0.29) is 30.8 Å². The number of hydrogen-bond acceptors (Lipinski definition) is 3. The zero-order chi connectivity index (χ0) is 24.2. The van der Waals surface area contributed by atoms with Gasteiger partial charge in [0.2, 0.25) is 5.91 Å². The van der Waals surface area contributed by atoms with Gasteiger partial charge in [0.05, 0.1) is 18.9 Å². The Bertz CT molecular complexity index is 859. The first-order valence-electron chi connectivity index (χ1n) is 11.0. The number of alkyl halides is 6. The number of carbonyl (C=O) groups is 1. The first-order valence-corrected chi connectivity index (χ1v) is 11.0. The smallest absolute Gasteiger partial charge is 0.390 e. The van der Waals surface area contributed by atoms with Crippen LogP contribution in [0, 0.1) is 11.8 Å². The molecule has 184 valence electrons. The second-order valence-corrected chi connectivity index (χ2v) is 8.80. The average Bonchev–Trinajstić information content (AvgIpc) is 2.66. The lowest BCUT2D eigenvalue weighted by atomic mass is 9.83. The lowest BCUT2D eigenvalue weighted by Gasteiger charge is -2.40. The fraction of sp³-hybridized carbons (Fsp3) is 0.609. The summed E-state index contributed by atoms with van der Waals surface area (Å²) >= 11 is 0. The zero-order valence-corrected chi connectivity index (χ0v) is 18.4. The number of rotatable bonds is 9. The van der Waals surface area contributed by atoms with Gasteiger partial charge in [-0.2, -0.15) is 26.3 Å². The van der Waals surface area contributed by atoms with Crippen molar-refractivity contribution in [2.45, 2.75) is 45.0 Å². The van der Waals surface area contributed by atoms with Crippen LogP contribution in [0.25, 0.3) is 6.08 Å². The van der Waals surface area contributed by atoms with E-state index in [1.54, 1.807) is 6.07 Å². The number of fused-ring (bicyclic) bond motifs is 1. The van der Waals surface area contributed by atoms with Gasteiger partial charge in [0.25, 0.3) is 0 Å². The van der Waals surface area contributed by atoms with E-state index in [1.165, 1.54) is 5.57 Å². The summed E-state index contributed by atoms with van der Waals surface area (Å²) in [4.78, 5) is 14.1. The lowest BCUT2D eigenvalue weighted by Crippen LogP contribution is -2.54. The van der Waals surface area contributed by atoms with Crippen molar-refractivity contribution in [2.24, 2.45) is 11.8 Å². The number of benzene rings is 1. The minimum atomic E-state index is -4.28. The molecule has 0 bridgehead atoms. The van der Waals surface area contributed by atoms with E-state index in [0.29, 0.717) is 25.4 Å². The minimum Gasteiger partial charge on any atom is -0.494 e. The molecule has 1 atom stereocenters. The molecule has 1 heterocycles. The third-order valence-electron chi connectivity index (χ3n) is 5.93. The molecule has 0 spiro atoms. The van der Waals surface area contributed by atoms with Gasteiger partial charge in [0, 0.05) is 32.6 Å². The van der Waals surface area contributed by atoms with Gasteiger partial charge in [0.1, 0.15) is 5.75 Å². The molecule has 3 rings (SSSR count). The molecule has 1 fully saturated rings. The molecule has 0 aromatic heterocycles. The van der Waals surface area contributed by atoms with Crippen molar-refractivity contribution in [1.82, 2.24) is 10.2 Å². The number of nitrogens with one attached hydrogen (secondary N) is 1. The van der Waals surface area contributed by atoms with E-state index < -0.39 is 31.7 Å². The third kappa shape index (κ3) is 7.94. The average molecular weight is 478 g/mol. The molecule has 1 aliphatic heterocycles. The molecule has 2 aliphatic rings. The number of amides is 1. The molecule has 0 saturated carbocycles. The maximum absolute atomic E-state index is 12.2. The SMILES string of the molecule is C[C@H]1Cc2cc(OCCCC(F)(F)F)ccc2C=C1CN1CC(C(=O)NCCC(F)(F)F)C1. The summed E-state index contributed by atoms with van der Waals surface area (Å²) in [6.07, 6.45) is -7.57. The first kappa shape index (κ1) is 25.4. The van der Waals surface area contributed by atoms with Crippen LogP contribution < -0.4 is 10.1 Å². The first-order chi connectivity index (χ1) is 15.4. The monoisotopic (exact) mass is 478 g/mol. The van der Waals surface area contributed by atoms with Gasteiger partial charge >= 0.3 is 12.4 Å². The number of halogens is 6. The summed E-state index contributed by atoms with van der Waals surface area (Å²) in [6.45, 7) is 3.41. The molecule has 1 aliphatic carbocycles. The van der Waals surface area contributed by atoms with E-state index in [9.17, 15) is 31.1 Å². The summed E-state index contributed by atoms with van der Waals surface area (Å²) in [7, 11) is 0. The summed E-state index contributed by atoms with van der Waals surface area (Å²) in [5.41, 5.74) is 3.31. The Kier molecular flexibility index (Phi) is 7.97. The maximum atomic E-state index is 12.2. The van der Waals surface area contributed by atoms with Crippen LogP contribution in [-0.4, -0.2) is 55.9 Å². The Morgan fingerprint density at radius 2 is 1.82 bits per heavy atom. The van der Waals surface area contributed by atoms with Crippen molar-refractivity contribution in [3.8, 4) is 5.75 Å². The quantitative estimate of drug-likeness (QED) is 0.402. The number of hydrogen-bond donors (Lipinski definition) is 1. The van der Waals surface area contributed by atoms with E-state index >= 15 is 0 Å². The fourth-order valence-corrected chi connectivity index (χ4v) is 4.05. The van der Waals surface area contributed by atoms with Crippen LogP contribution in [0.4, 0.5) is 26.3 Å². The Balaban J connectivity index is 1.46. The van der Waals surface area contributed by atoms with Crippen molar-refractivity contribution < 1.29 is 35.9 Å². The van der Waals surface area contributed by atoms with Crippen LogP contribution in [0.15, 0.2) is 23.8 Å². The number of ether oxygens (including phenoxy) is 1. The van der Waals surface area contributed by atoms with E-state index in [0.717, 1.165) is 17.5 Å². The molecular weight excluding hydrogens is 450 g/mol. The second kappa shape index (κ2) is 10.4. The Morgan fingerprint density at radius 3 is 2.48 bits per heavy atom. The van der Waals surface area contributed by atoms with Gasteiger partial charge in [-0.05, 0) is 42.0 Å². The molecule has 1 aromatic carbocycles. The Morgan fingerprint density at radius 1 is 1.12 bits per heavy atom. The van der Waals surface area contributed by atoms with Crippen LogP contribution in [0.2, 0.25) is 0 Å². The Hall–Kier alpha value is -2.23. The topological polar surface area (TPSA) is 41.6 Å². The van der Waals surface area contributed by atoms with E-state index in [1.807, 2.05) is 12.1 Å². The second-order valence-electron chi connectivity index (χ2n) is 8.80. The summed E-state index contributed by atoms with van der Waals surface area (Å²) in [6, 6.07) is 5.52. The standard InChI is InChI=1S/C23H28F6N2O2/c1-15-9-17-11-20(33-8-2-5-22(24,25)26)4-3-16(17)10-18(15)12-31-13-19(14-31)21(32)30-7-6-23(27,28)29/h3-4,10-11,15,19H,2,5-9,12-14H2,1H3,(H,30,32)/t15-/m0/s1. The van der Waals surface area contributed by atoms with E-state index in [2.05, 4.69) is 23.2 Å². The van der Waals surface area contributed by atoms with Crippen LogP contribution in [0.3, 0.4) is 0 Å². The largest absolute Gasteiger partial charge is 0.494 e. The van der Waals surface area contributed by atoms with Crippen LogP contribution in [-0.2, 0) is 11.2 Å². The molecule has 0 unspecified atom stereocenters. The van der Waals surface area contributed by atoms with Gasteiger partial charge in [-0.3, -0.25) is 9.69 Å². The fourth-order valence-electron chi connectivity index (χ4n) is 4.05. The van der Waals surface area contributed by atoms with Crippen molar-refractivity contribution in [3.63, 3.8) is 0 Å². The highest BCUT2D eigenvalue weighted by atomic mass is 19.4. The van der Waals surface area contributed by atoms with Gasteiger partial charge < -0.3 is 10.1 Å². The highest BCUT2D eigenvalue weighted by molar-refractivity contribution is 5.80. The van der Waals surface area contributed by atoms with Crippen molar-refractivity contribution in [3.05, 3.63) is 34.9 Å². The summed E-state index contributed by atoms with van der Waals surface area (Å²) in [5.74, 6) is 0.177. The van der Waals surface area contributed by atoms with Crippen molar-refractivity contribution >= 4 is 12.0 Å². The van der Waals surface area contributed by atoms with Crippen molar-refractivity contribution in [2.75, 3.05) is 32.8 Å². The third-order valence-corrected chi connectivity index (χ3v) is 5.93. The van der Waals surface area contributed by atoms with Gasteiger partial charge in [-0.1, -0.05) is 24.6 Å². The molecule has 1 amide bonds. The lowest BCUT2D eigenvalue weighted by molar-refractivity contribution is -0.138. The molecular formula is C23H28F6N2O2. The van der Waals surface area contributed by atoms with Crippen LogP contribution >= 0.6 is 0 Å². The summed E-state index contributed by atoms with van der Waals surface area (Å²) in [5, 5.41) is 2.35. The van der Waals surface area contributed by atoms with Crippen molar-refractivity contribution in [1.29, 1.82) is 0 Å². The molecule has 4 nitrogen and oxygen atoms in total. The number of carbonyl (C=O) groups excluding carboxylic acids is 1. The molecule has 1 N–H and O–H groups in total. The maximum Gasteiger partial charge on any atom is 0.390 e.